The molecule has 0 saturated heterocycles. The lowest BCUT2D eigenvalue weighted by Crippen LogP contribution is -2.29. The van der Waals surface area contributed by atoms with Gasteiger partial charge in [-0.25, -0.2) is 0 Å². The summed E-state index contributed by atoms with van der Waals surface area (Å²) in [6.45, 7) is 2.52. The molecule has 0 bridgehead atoms. The van der Waals surface area contributed by atoms with Crippen LogP contribution >= 0.6 is 11.8 Å². The molecule has 4 N–H and O–H groups in total. The molecule has 1 amide bonds. The van der Waals surface area contributed by atoms with Gasteiger partial charge in [-0.05, 0) is 42.5 Å². The van der Waals surface area contributed by atoms with E-state index in [1.165, 1.54) is 6.08 Å². The second kappa shape index (κ2) is 6.73. The fraction of sp³-hybridized carbons (Fsp3) is 0.333. The van der Waals surface area contributed by atoms with Crippen LogP contribution in [0.2, 0.25) is 0 Å². The van der Waals surface area contributed by atoms with Crippen molar-refractivity contribution in [3.63, 3.8) is 0 Å². The quantitative estimate of drug-likeness (QED) is 0.410. The number of allylic oxidation sites excluding steroid dienone is 1. The Labute approximate surface area is 145 Å². The normalized spacial score (nSPS) is 16.1. The fourth-order valence-corrected chi connectivity index (χ4v) is 3.25. The number of carbonyl (C=O) groups is 2. The van der Waals surface area contributed by atoms with Gasteiger partial charge in [-0.1, -0.05) is 13.0 Å². The molecule has 1 aliphatic rings. The Morgan fingerprint density at radius 3 is 2.92 bits per heavy atom. The Kier molecular flexibility index (Phi) is 4.66. The number of fused-ring (bicyclic) bond motifs is 1. The molecule has 1 saturated carbocycles. The first kappa shape index (κ1) is 16.6. The Morgan fingerprint density at radius 1 is 1.42 bits per heavy atom. The van der Waals surface area contributed by atoms with Crippen molar-refractivity contribution < 1.29 is 9.59 Å². The van der Waals surface area contributed by atoms with Crippen molar-refractivity contribution in [2.45, 2.75) is 31.2 Å². The van der Waals surface area contributed by atoms with Gasteiger partial charge in [0.1, 0.15) is 6.29 Å². The van der Waals surface area contributed by atoms with E-state index in [4.69, 9.17) is 5.73 Å². The molecule has 24 heavy (non-hydrogen) atoms. The van der Waals surface area contributed by atoms with Crippen molar-refractivity contribution in [2.24, 2.45) is 11.1 Å². The third-order valence-corrected chi connectivity index (χ3v) is 5.39. The van der Waals surface area contributed by atoms with Gasteiger partial charge in [0.15, 0.2) is 0 Å². The minimum Gasteiger partial charge on any atom is -0.401 e. The zero-order valence-corrected chi connectivity index (χ0v) is 14.4. The molecule has 1 fully saturated rings. The van der Waals surface area contributed by atoms with E-state index in [1.54, 1.807) is 11.8 Å². The molecule has 1 aromatic heterocycles. The highest BCUT2D eigenvalue weighted by atomic mass is 32.2. The van der Waals surface area contributed by atoms with Gasteiger partial charge < -0.3 is 16.0 Å². The van der Waals surface area contributed by atoms with Gasteiger partial charge in [0.2, 0.25) is 5.91 Å². The van der Waals surface area contributed by atoms with Gasteiger partial charge in [0, 0.05) is 33.0 Å². The van der Waals surface area contributed by atoms with Crippen molar-refractivity contribution in [3.8, 4) is 0 Å². The second-order valence-corrected chi connectivity index (χ2v) is 7.50. The molecule has 1 aromatic carbocycles. The van der Waals surface area contributed by atoms with Gasteiger partial charge in [0.05, 0.1) is 6.54 Å². The van der Waals surface area contributed by atoms with E-state index in [0.717, 1.165) is 34.3 Å². The van der Waals surface area contributed by atoms with Crippen LogP contribution in [0.15, 0.2) is 40.9 Å². The largest absolute Gasteiger partial charge is 0.401 e. The number of nitrogens with one attached hydrogen (secondary N) is 2. The molecule has 0 spiro atoms. The maximum Gasteiger partial charge on any atom is 0.226 e. The van der Waals surface area contributed by atoms with Gasteiger partial charge in [-0.15, -0.1) is 11.8 Å². The molecule has 3 rings (SSSR count). The van der Waals surface area contributed by atoms with E-state index in [0.29, 0.717) is 24.3 Å². The van der Waals surface area contributed by atoms with E-state index in [1.807, 2.05) is 19.1 Å². The Balaban J connectivity index is 1.64. The topological polar surface area (TPSA) is 88.0 Å². The number of amides is 1. The highest BCUT2D eigenvalue weighted by Gasteiger charge is 2.44. The number of nitrogens with two attached hydrogens (primary N) is 1. The maximum atomic E-state index is 12.0. The van der Waals surface area contributed by atoms with Crippen LogP contribution in [0.1, 0.15) is 25.5 Å². The number of hydrogen-bond donors (Lipinski definition) is 3. The van der Waals surface area contributed by atoms with Crippen molar-refractivity contribution in [2.75, 3.05) is 5.75 Å². The number of hydrogen-bond acceptors (Lipinski definition) is 4. The predicted octanol–water partition coefficient (Wildman–Crippen LogP) is 2.72. The minimum absolute atomic E-state index is 0.134. The van der Waals surface area contributed by atoms with Crippen LogP contribution in [0.5, 0.6) is 0 Å². The Hall–Kier alpha value is -2.21. The summed E-state index contributed by atoms with van der Waals surface area (Å²) < 4.78 is 0. The number of thioether (sulfide) groups is 1. The number of aromatic amines is 1. The van der Waals surface area contributed by atoms with Gasteiger partial charge in [0.25, 0.3) is 0 Å². The molecule has 5 nitrogen and oxygen atoms in total. The van der Waals surface area contributed by atoms with Crippen LogP contribution < -0.4 is 11.1 Å². The lowest BCUT2D eigenvalue weighted by molar-refractivity contribution is -0.125. The molecule has 126 valence electrons. The zero-order chi connectivity index (χ0) is 17.2. The first-order valence-corrected chi connectivity index (χ1v) is 8.91. The van der Waals surface area contributed by atoms with E-state index >= 15 is 0 Å². The van der Waals surface area contributed by atoms with E-state index in [9.17, 15) is 9.59 Å². The van der Waals surface area contributed by atoms with Crippen LogP contribution in [0.4, 0.5) is 0 Å². The van der Waals surface area contributed by atoms with Gasteiger partial charge in [-0.3, -0.25) is 9.59 Å². The molecular weight excluding hydrogens is 322 g/mol. The summed E-state index contributed by atoms with van der Waals surface area (Å²) in [6.07, 6.45) is 4.04. The smallest absolute Gasteiger partial charge is 0.226 e. The summed E-state index contributed by atoms with van der Waals surface area (Å²) in [5.41, 5.74) is 8.14. The first-order chi connectivity index (χ1) is 11.5. The number of benzene rings is 1. The van der Waals surface area contributed by atoms with E-state index in [-0.39, 0.29) is 11.3 Å². The summed E-state index contributed by atoms with van der Waals surface area (Å²) in [5, 5.41) is 4.11. The van der Waals surface area contributed by atoms with Crippen molar-refractivity contribution in [3.05, 3.63) is 41.7 Å². The fourth-order valence-electron chi connectivity index (χ4n) is 2.46. The zero-order valence-electron chi connectivity index (χ0n) is 13.6. The minimum atomic E-state index is -0.148. The maximum absolute atomic E-state index is 12.0. The monoisotopic (exact) mass is 343 g/mol. The lowest BCUT2D eigenvalue weighted by Gasteiger charge is -2.08. The third-order valence-electron chi connectivity index (χ3n) is 4.32. The average Bonchev–Trinajstić information content (AvgIpc) is 3.18. The van der Waals surface area contributed by atoms with Crippen LogP contribution in [0.3, 0.4) is 0 Å². The molecule has 1 aliphatic carbocycles. The molecule has 0 unspecified atom stereocenters. The van der Waals surface area contributed by atoms with Crippen molar-refractivity contribution in [1.29, 1.82) is 0 Å². The van der Waals surface area contributed by atoms with Crippen molar-refractivity contribution >= 4 is 34.9 Å². The number of aromatic nitrogens is 1. The summed E-state index contributed by atoms with van der Waals surface area (Å²) in [7, 11) is 0. The van der Waals surface area contributed by atoms with Gasteiger partial charge >= 0.3 is 0 Å². The standard InChI is InChI=1S/C18H21N3O2S/c1-18(5-6-18)17(23)20-10-14-8-12-2-3-15(9-16(12)21-14)24-11-13(19)4-7-22/h2-4,7-9,21H,5-6,10-11,19H2,1H3,(H,20,23)/b13-4-. The van der Waals surface area contributed by atoms with E-state index in [2.05, 4.69) is 22.4 Å². The summed E-state index contributed by atoms with van der Waals surface area (Å²) in [6, 6.07) is 8.19. The molecule has 0 aliphatic heterocycles. The van der Waals surface area contributed by atoms with Crippen LogP contribution in [0, 0.1) is 5.41 Å². The summed E-state index contributed by atoms with van der Waals surface area (Å²) in [5.74, 6) is 0.710. The molecule has 0 atom stereocenters. The molecule has 0 radical (unpaired) electrons. The predicted molar refractivity (Wildman–Crippen MR) is 96.5 cm³/mol. The number of carbonyl (C=O) groups excluding carboxylic acids is 2. The van der Waals surface area contributed by atoms with Crippen LogP contribution in [-0.4, -0.2) is 22.9 Å². The molecule has 6 heteroatoms. The highest BCUT2D eigenvalue weighted by Crippen LogP contribution is 2.45. The average molecular weight is 343 g/mol. The molecule has 1 heterocycles. The van der Waals surface area contributed by atoms with Crippen LogP contribution in [0.25, 0.3) is 10.9 Å². The van der Waals surface area contributed by atoms with E-state index < -0.39 is 0 Å². The lowest BCUT2D eigenvalue weighted by atomic mass is 10.1. The first-order valence-electron chi connectivity index (χ1n) is 7.93. The van der Waals surface area contributed by atoms with Crippen molar-refractivity contribution in [1.82, 2.24) is 10.3 Å². The highest BCUT2D eigenvalue weighted by molar-refractivity contribution is 7.99. The number of aldehydes is 1. The Morgan fingerprint density at radius 2 is 2.21 bits per heavy atom. The number of rotatable bonds is 7. The Bertz CT molecular complexity index is 806. The molecule has 2 aromatic rings. The number of H-pyrrole nitrogens is 1. The third kappa shape index (κ3) is 3.82. The molecular formula is C18H21N3O2S. The summed E-state index contributed by atoms with van der Waals surface area (Å²) >= 11 is 1.58. The van der Waals surface area contributed by atoms with Crippen LogP contribution in [-0.2, 0) is 16.1 Å². The SMILES string of the molecule is CC1(C(=O)NCc2cc3ccc(SC/C(N)=C/C=O)cc3[nH]2)CC1. The second-order valence-electron chi connectivity index (χ2n) is 6.45. The summed E-state index contributed by atoms with van der Waals surface area (Å²) in [4.78, 5) is 26.8. The van der Waals surface area contributed by atoms with Gasteiger partial charge in [-0.2, -0.15) is 0 Å².